The lowest BCUT2D eigenvalue weighted by Gasteiger charge is -2.24. The SMILES string of the molecule is CC(C)C(CBr)CS(=O)(=O)C(C)(C)C. The first-order valence-electron chi connectivity index (χ1n) is 4.90. The molecule has 0 aromatic heterocycles. The van der Waals surface area contributed by atoms with Crippen LogP contribution in [-0.2, 0) is 9.84 Å². The highest BCUT2D eigenvalue weighted by Gasteiger charge is 2.32. The topological polar surface area (TPSA) is 34.1 Å². The second-order valence-electron chi connectivity index (χ2n) is 5.05. The van der Waals surface area contributed by atoms with Crippen LogP contribution >= 0.6 is 15.9 Å². The molecule has 0 saturated heterocycles. The Balaban J connectivity index is 4.67. The highest BCUT2D eigenvalue weighted by atomic mass is 79.9. The van der Waals surface area contributed by atoms with Crippen molar-refractivity contribution >= 4 is 25.8 Å². The van der Waals surface area contributed by atoms with Gasteiger partial charge in [-0.3, -0.25) is 0 Å². The van der Waals surface area contributed by atoms with Gasteiger partial charge < -0.3 is 0 Å². The van der Waals surface area contributed by atoms with Crippen LogP contribution in [0.1, 0.15) is 34.6 Å². The molecule has 0 aromatic carbocycles. The molecule has 0 N–H and O–H groups in total. The van der Waals surface area contributed by atoms with Gasteiger partial charge in [-0.2, -0.15) is 0 Å². The van der Waals surface area contributed by atoms with Crippen molar-refractivity contribution in [1.29, 1.82) is 0 Å². The summed E-state index contributed by atoms with van der Waals surface area (Å²) in [7, 11) is -2.98. The van der Waals surface area contributed by atoms with Gasteiger partial charge in [0.2, 0.25) is 0 Å². The van der Waals surface area contributed by atoms with Crippen molar-refractivity contribution in [3.63, 3.8) is 0 Å². The number of halogens is 1. The molecule has 0 rings (SSSR count). The van der Waals surface area contributed by atoms with Crippen molar-refractivity contribution in [2.24, 2.45) is 11.8 Å². The molecule has 0 aliphatic rings. The average Bonchev–Trinajstić information content (AvgIpc) is 1.97. The normalized spacial score (nSPS) is 15.9. The van der Waals surface area contributed by atoms with E-state index in [1.165, 1.54) is 0 Å². The number of rotatable bonds is 4. The van der Waals surface area contributed by atoms with Crippen molar-refractivity contribution in [2.75, 3.05) is 11.1 Å². The Labute approximate surface area is 96.5 Å². The van der Waals surface area contributed by atoms with Crippen LogP contribution in [0.3, 0.4) is 0 Å². The zero-order valence-electron chi connectivity index (χ0n) is 9.67. The molecule has 0 radical (unpaired) electrons. The van der Waals surface area contributed by atoms with E-state index in [-0.39, 0.29) is 11.7 Å². The smallest absolute Gasteiger partial charge is 0.155 e. The predicted octanol–water partition coefficient (Wildman–Crippen LogP) is 2.87. The zero-order chi connectivity index (χ0) is 11.6. The second-order valence-corrected chi connectivity index (χ2v) is 8.49. The monoisotopic (exact) mass is 284 g/mol. The third-order valence-electron chi connectivity index (χ3n) is 2.51. The second kappa shape index (κ2) is 4.97. The molecule has 0 amide bonds. The van der Waals surface area contributed by atoms with Crippen LogP contribution in [0.15, 0.2) is 0 Å². The lowest BCUT2D eigenvalue weighted by atomic mass is 10.0. The first kappa shape index (κ1) is 14.4. The van der Waals surface area contributed by atoms with Gasteiger partial charge in [-0.25, -0.2) is 8.42 Å². The molecule has 0 aliphatic carbocycles. The molecule has 1 atom stereocenters. The van der Waals surface area contributed by atoms with Crippen molar-refractivity contribution in [3.8, 4) is 0 Å². The lowest BCUT2D eigenvalue weighted by molar-refractivity contribution is 0.455. The van der Waals surface area contributed by atoms with Crippen LogP contribution in [0.25, 0.3) is 0 Å². The molecule has 2 nitrogen and oxygen atoms in total. The zero-order valence-corrected chi connectivity index (χ0v) is 12.1. The number of sulfone groups is 1. The highest BCUT2D eigenvalue weighted by molar-refractivity contribution is 9.09. The standard InChI is InChI=1S/C10H21BrO2S/c1-8(2)9(6-11)7-14(12,13)10(3,4)5/h8-9H,6-7H2,1-5H3. The van der Waals surface area contributed by atoms with Crippen molar-refractivity contribution in [3.05, 3.63) is 0 Å². The van der Waals surface area contributed by atoms with Crippen molar-refractivity contribution in [1.82, 2.24) is 0 Å². The molecule has 0 aliphatic heterocycles. The van der Waals surface area contributed by atoms with Gasteiger partial charge in [-0.05, 0) is 32.6 Å². The van der Waals surface area contributed by atoms with Crippen LogP contribution in [0.4, 0.5) is 0 Å². The van der Waals surface area contributed by atoms with Crippen LogP contribution in [0, 0.1) is 11.8 Å². The fourth-order valence-electron chi connectivity index (χ4n) is 0.947. The summed E-state index contributed by atoms with van der Waals surface area (Å²) in [5.74, 6) is 0.880. The summed E-state index contributed by atoms with van der Waals surface area (Å²) in [5, 5.41) is 0.750. The molecular weight excluding hydrogens is 264 g/mol. The fourth-order valence-corrected chi connectivity index (χ4v) is 3.79. The maximum atomic E-state index is 11.9. The Morgan fingerprint density at radius 2 is 1.64 bits per heavy atom. The summed E-state index contributed by atoms with van der Waals surface area (Å²) in [5.41, 5.74) is 0. The number of hydrogen-bond acceptors (Lipinski definition) is 2. The molecule has 0 heterocycles. The third kappa shape index (κ3) is 3.89. The maximum Gasteiger partial charge on any atom is 0.155 e. The summed E-state index contributed by atoms with van der Waals surface area (Å²) >= 11 is 3.37. The number of alkyl halides is 1. The highest BCUT2D eigenvalue weighted by Crippen LogP contribution is 2.23. The Bertz CT molecular complexity index is 262. The summed E-state index contributed by atoms with van der Waals surface area (Å²) in [4.78, 5) is 0. The van der Waals surface area contributed by atoms with E-state index >= 15 is 0 Å². The maximum absolute atomic E-state index is 11.9. The predicted molar refractivity (Wildman–Crippen MR) is 65.7 cm³/mol. The number of hydrogen-bond donors (Lipinski definition) is 0. The first-order chi connectivity index (χ1) is 6.12. The minimum atomic E-state index is -2.98. The summed E-state index contributed by atoms with van der Waals surface area (Å²) < 4.78 is 23.2. The average molecular weight is 285 g/mol. The van der Waals surface area contributed by atoms with Gasteiger partial charge >= 0.3 is 0 Å². The van der Waals surface area contributed by atoms with E-state index in [1.807, 2.05) is 0 Å². The van der Waals surface area contributed by atoms with E-state index in [4.69, 9.17) is 0 Å². The minimum absolute atomic E-state index is 0.208. The van der Waals surface area contributed by atoms with Gasteiger partial charge in [0.15, 0.2) is 9.84 Å². The van der Waals surface area contributed by atoms with Crippen molar-refractivity contribution in [2.45, 2.75) is 39.4 Å². The van der Waals surface area contributed by atoms with E-state index in [9.17, 15) is 8.42 Å². The van der Waals surface area contributed by atoms with Gasteiger partial charge in [0.1, 0.15) is 0 Å². The van der Waals surface area contributed by atoms with Crippen LogP contribution in [-0.4, -0.2) is 24.2 Å². The third-order valence-corrected chi connectivity index (χ3v) is 6.07. The van der Waals surface area contributed by atoms with Gasteiger partial charge in [-0.15, -0.1) is 0 Å². The fraction of sp³-hybridized carbons (Fsp3) is 1.00. The minimum Gasteiger partial charge on any atom is -0.228 e. The van der Waals surface area contributed by atoms with Gasteiger partial charge in [0, 0.05) is 5.33 Å². The van der Waals surface area contributed by atoms with Crippen LogP contribution < -0.4 is 0 Å². The Morgan fingerprint density at radius 1 is 1.21 bits per heavy atom. The van der Waals surface area contributed by atoms with E-state index in [0.717, 1.165) is 5.33 Å². The quantitative estimate of drug-likeness (QED) is 0.744. The molecule has 0 bridgehead atoms. The molecule has 14 heavy (non-hydrogen) atoms. The van der Waals surface area contributed by atoms with E-state index in [1.54, 1.807) is 20.8 Å². The first-order valence-corrected chi connectivity index (χ1v) is 7.67. The van der Waals surface area contributed by atoms with Gasteiger partial charge in [-0.1, -0.05) is 29.8 Å². The van der Waals surface area contributed by atoms with Gasteiger partial charge in [0.25, 0.3) is 0 Å². The lowest BCUT2D eigenvalue weighted by Crippen LogP contribution is -2.35. The molecule has 0 fully saturated rings. The summed E-state index contributed by atoms with van der Waals surface area (Å²) in [6.45, 7) is 9.39. The molecule has 0 saturated carbocycles. The molecule has 86 valence electrons. The van der Waals surface area contributed by atoms with Gasteiger partial charge in [0.05, 0.1) is 10.5 Å². The van der Waals surface area contributed by atoms with Crippen molar-refractivity contribution < 1.29 is 8.42 Å². The Morgan fingerprint density at radius 3 is 1.86 bits per heavy atom. The Hall–Kier alpha value is 0.430. The molecule has 4 heteroatoms. The van der Waals surface area contributed by atoms with Crippen LogP contribution in [0.5, 0.6) is 0 Å². The molecular formula is C10H21BrO2S. The largest absolute Gasteiger partial charge is 0.228 e. The van der Waals surface area contributed by atoms with E-state index < -0.39 is 14.6 Å². The molecule has 0 spiro atoms. The van der Waals surface area contributed by atoms with Crippen LogP contribution in [0.2, 0.25) is 0 Å². The Kier molecular flexibility index (Phi) is 5.12. The summed E-state index contributed by atoms with van der Waals surface area (Å²) in [6, 6.07) is 0. The molecule has 1 unspecified atom stereocenters. The van der Waals surface area contributed by atoms with E-state index in [2.05, 4.69) is 29.8 Å². The molecule has 0 aromatic rings. The van der Waals surface area contributed by atoms with E-state index in [0.29, 0.717) is 5.92 Å². The summed E-state index contributed by atoms with van der Waals surface area (Å²) in [6.07, 6.45) is 0.